The lowest BCUT2D eigenvalue weighted by Crippen LogP contribution is -2.06. The molecule has 8 aromatic carbocycles. The average Bonchev–Trinajstić information content (AvgIpc) is 3.44. The van der Waals surface area contributed by atoms with Crippen molar-refractivity contribution in [2.75, 3.05) is 0 Å². The van der Waals surface area contributed by atoms with Gasteiger partial charge in [-0.3, -0.25) is 4.57 Å². The highest BCUT2D eigenvalue weighted by Gasteiger charge is 2.25. The van der Waals surface area contributed by atoms with Crippen molar-refractivity contribution in [3.05, 3.63) is 140 Å². The molecule has 0 atom stereocenters. The molecular formula is C42H23N3O. The smallest absolute Gasteiger partial charge is 0.235 e. The van der Waals surface area contributed by atoms with Gasteiger partial charge in [-0.05, 0) is 85.6 Å². The molecule has 0 aliphatic carbocycles. The molecule has 0 saturated carbocycles. The Bertz CT molecular complexity index is 2960. The summed E-state index contributed by atoms with van der Waals surface area (Å²) in [5.41, 5.74) is 4.90. The quantitative estimate of drug-likeness (QED) is 0.180. The maximum Gasteiger partial charge on any atom is 0.235 e. The van der Waals surface area contributed by atoms with Crippen molar-refractivity contribution in [1.82, 2.24) is 14.5 Å². The first-order chi connectivity index (χ1) is 22.8. The van der Waals surface area contributed by atoms with Crippen molar-refractivity contribution in [2.24, 2.45) is 0 Å². The van der Waals surface area contributed by atoms with Gasteiger partial charge in [0.15, 0.2) is 0 Å². The van der Waals surface area contributed by atoms with E-state index >= 15 is 0 Å². The second-order valence-electron chi connectivity index (χ2n) is 12.2. The standard InChI is InChI=1S/C42H23N3O/c1-2-11-25-21-39-34(20-24(25)10-1)41-40-35(17-9-19-38(40)46-39)43-42(44-41)45-36-18-8-7-16-30(36)33-22-31-28-14-5-3-12-26(28)27-13-4-6-15-29(27)32(31)23-37(33)45/h1-23H. The number of hydrogen-bond acceptors (Lipinski definition) is 3. The summed E-state index contributed by atoms with van der Waals surface area (Å²) in [5.74, 6) is 2.25. The number of hydrogen-bond donors (Lipinski definition) is 0. The lowest BCUT2D eigenvalue weighted by molar-refractivity contribution is 0.487. The van der Waals surface area contributed by atoms with Crippen molar-refractivity contribution in [3.63, 3.8) is 0 Å². The number of benzene rings is 8. The SMILES string of the molecule is c1ccc2cc3c(cc2c1)Oc1cccc2nc(-n4c5ccccc5c5cc6c7ccccc7c7ccccc7c6cc54)nc-3c12. The Labute approximate surface area is 262 Å². The number of aromatic nitrogens is 3. The normalized spacial score (nSPS) is 12.5. The molecule has 1 aliphatic rings. The van der Waals surface area contributed by atoms with Crippen LogP contribution in [0.3, 0.4) is 0 Å². The van der Waals surface area contributed by atoms with Gasteiger partial charge in [0.25, 0.3) is 0 Å². The Kier molecular flexibility index (Phi) is 4.55. The maximum atomic E-state index is 6.47. The molecule has 0 amide bonds. The van der Waals surface area contributed by atoms with Crippen LogP contribution in [0.15, 0.2) is 140 Å². The molecule has 0 bridgehead atoms. The molecule has 2 aromatic heterocycles. The third-order valence-electron chi connectivity index (χ3n) is 9.73. The highest BCUT2D eigenvalue weighted by atomic mass is 16.5. The molecule has 46 heavy (non-hydrogen) atoms. The molecule has 0 saturated heterocycles. The van der Waals surface area contributed by atoms with Crippen LogP contribution in [0.5, 0.6) is 11.5 Å². The fourth-order valence-electron chi connectivity index (χ4n) is 7.71. The summed E-state index contributed by atoms with van der Waals surface area (Å²) in [6.45, 7) is 0. The van der Waals surface area contributed by atoms with Gasteiger partial charge in [0, 0.05) is 16.3 Å². The van der Waals surface area contributed by atoms with Crippen LogP contribution in [0.25, 0.3) is 93.0 Å². The van der Waals surface area contributed by atoms with Crippen molar-refractivity contribution >= 4 is 75.8 Å². The molecule has 0 radical (unpaired) electrons. The lowest BCUT2D eigenvalue weighted by atomic mass is 9.93. The molecule has 11 rings (SSSR count). The average molecular weight is 586 g/mol. The lowest BCUT2D eigenvalue weighted by Gasteiger charge is -2.21. The summed E-state index contributed by atoms with van der Waals surface area (Å²) in [6.07, 6.45) is 0. The van der Waals surface area contributed by atoms with Gasteiger partial charge < -0.3 is 4.74 Å². The molecule has 3 heterocycles. The second kappa shape index (κ2) is 8.68. The van der Waals surface area contributed by atoms with E-state index in [9.17, 15) is 0 Å². The van der Waals surface area contributed by atoms with E-state index in [0.717, 1.165) is 55.5 Å². The minimum Gasteiger partial charge on any atom is -0.456 e. The van der Waals surface area contributed by atoms with Crippen molar-refractivity contribution in [3.8, 4) is 28.7 Å². The van der Waals surface area contributed by atoms with Crippen LogP contribution in [0.4, 0.5) is 0 Å². The van der Waals surface area contributed by atoms with E-state index < -0.39 is 0 Å². The van der Waals surface area contributed by atoms with E-state index in [4.69, 9.17) is 14.7 Å². The Hall–Kier alpha value is -6.26. The van der Waals surface area contributed by atoms with Gasteiger partial charge in [-0.2, -0.15) is 0 Å². The van der Waals surface area contributed by atoms with Gasteiger partial charge in [0.05, 0.1) is 27.6 Å². The first-order valence-corrected chi connectivity index (χ1v) is 15.6. The van der Waals surface area contributed by atoms with Gasteiger partial charge in [0.2, 0.25) is 5.95 Å². The van der Waals surface area contributed by atoms with Crippen LogP contribution >= 0.6 is 0 Å². The van der Waals surface area contributed by atoms with Crippen molar-refractivity contribution < 1.29 is 4.74 Å². The minimum atomic E-state index is 0.649. The fraction of sp³-hybridized carbons (Fsp3) is 0. The molecule has 212 valence electrons. The van der Waals surface area contributed by atoms with E-state index in [2.05, 4.69) is 132 Å². The molecule has 0 N–H and O–H groups in total. The zero-order valence-corrected chi connectivity index (χ0v) is 24.5. The third kappa shape index (κ3) is 3.12. The van der Waals surface area contributed by atoms with Gasteiger partial charge in [-0.25, -0.2) is 9.97 Å². The van der Waals surface area contributed by atoms with E-state index in [-0.39, 0.29) is 0 Å². The van der Waals surface area contributed by atoms with Gasteiger partial charge in [-0.1, -0.05) is 97.1 Å². The summed E-state index contributed by atoms with van der Waals surface area (Å²) in [6, 6.07) is 49.6. The molecule has 10 aromatic rings. The summed E-state index contributed by atoms with van der Waals surface area (Å²) in [7, 11) is 0. The van der Waals surface area contributed by atoms with Crippen molar-refractivity contribution in [2.45, 2.75) is 0 Å². The number of rotatable bonds is 1. The Balaban J connectivity index is 1.29. The molecule has 4 heteroatoms. The number of para-hydroxylation sites is 1. The predicted octanol–water partition coefficient (Wildman–Crippen LogP) is 11.1. The van der Waals surface area contributed by atoms with Gasteiger partial charge >= 0.3 is 0 Å². The first kappa shape index (κ1) is 24.1. The van der Waals surface area contributed by atoms with Crippen molar-refractivity contribution in [1.29, 1.82) is 0 Å². The molecule has 0 unspecified atom stereocenters. The van der Waals surface area contributed by atoms with E-state index in [1.54, 1.807) is 0 Å². The molecule has 0 fully saturated rings. The summed E-state index contributed by atoms with van der Waals surface area (Å²) in [5, 5.41) is 13.1. The minimum absolute atomic E-state index is 0.649. The monoisotopic (exact) mass is 585 g/mol. The largest absolute Gasteiger partial charge is 0.456 e. The fourth-order valence-corrected chi connectivity index (χ4v) is 7.71. The summed E-state index contributed by atoms with van der Waals surface area (Å²) < 4.78 is 8.71. The van der Waals surface area contributed by atoms with Gasteiger partial charge in [-0.15, -0.1) is 0 Å². The second-order valence-corrected chi connectivity index (χ2v) is 12.2. The van der Waals surface area contributed by atoms with Crippen LogP contribution in [0.1, 0.15) is 0 Å². The Morgan fingerprint density at radius 3 is 1.83 bits per heavy atom. The van der Waals surface area contributed by atoms with Crippen LogP contribution in [0.2, 0.25) is 0 Å². The topological polar surface area (TPSA) is 39.9 Å². The molecule has 4 nitrogen and oxygen atoms in total. The highest BCUT2D eigenvalue weighted by molar-refractivity contribution is 6.28. The predicted molar refractivity (Wildman–Crippen MR) is 189 cm³/mol. The number of nitrogens with zero attached hydrogens (tertiary/aromatic N) is 3. The van der Waals surface area contributed by atoms with E-state index in [1.165, 1.54) is 43.1 Å². The molecule has 0 spiro atoms. The Morgan fingerprint density at radius 1 is 0.435 bits per heavy atom. The van der Waals surface area contributed by atoms with Gasteiger partial charge in [0.1, 0.15) is 11.5 Å². The maximum absolute atomic E-state index is 6.47. The molecular weight excluding hydrogens is 562 g/mol. The number of ether oxygens (including phenoxy) is 1. The van der Waals surface area contributed by atoms with Crippen LogP contribution in [-0.4, -0.2) is 14.5 Å². The summed E-state index contributed by atoms with van der Waals surface area (Å²) >= 11 is 0. The van der Waals surface area contributed by atoms with Crippen LogP contribution in [0, 0.1) is 0 Å². The third-order valence-corrected chi connectivity index (χ3v) is 9.73. The first-order valence-electron chi connectivity index (χ1n) is 15.6. The van der Waals surface area contributed by atoms with E-state index in [0.29, 0.717) is 5.95 Å². The van der Waals surface area contributed by atoms with Crippen LogP contribution in [-0.2, 0) is 0 Å². The van der Waals surface area contributed by atoms with Crippen LogP contribution < -0.4 is 4.74 Å². The molecule has 1 aliphatic heterocycles. The Morgan fingerprint density at radius 2 is 1.07 bits per heavy atom. The highest BCUT2D eigenvalue weighted by Crippen LogP contribution is 2.47. The number of fused-ring (bicyclic) bond motifs is 12. The van der Waals surface area contributed by atoms with E-state index in [1.807, 2.05) is 12.1 Å². The zero-order chi connectivity index (χ0) is 29.9. The summed E-state index contributed by atoms with van der Waals surface area (Å²) in [4.78, 5) is 10.6. The zero-order valence-electron chi connectivity index (χ0n) is 24.5.